The Hall–Kier alpha value is -2.09. The molecule has 0 aliphatic rings. The molecule has 1 aromatic rings. The van der Waals surface area contributed by atoms with Crippen LogP contribution in [0, 0.1) is 10.1 Å². The first-order valence-corrected chi connectivity index (χ1v) is 5.42. The number of carbonyl (C=O) groups excluding carboxylic acids is 1. The quantitative estimate of drug-likeness (QED) is 0.593. The van der Waals surface area contributed by atoms with Gasteiger partial charge in [0.15, 0.2) is 0 Å². The van der Waals surface area contributed by atoms with E-state index in [0.717, 1.165) is 0 Å². The van der Waals surface area contributed by atoms with Gasteiger partial charge in [0.1, 0.15) is 0 Å². The van der Waals surface area contributed by atoms with Crippen LogP contribution in [0.2, 0.25) is 0 Å². The minimum absolute atomic E-state index is 0.0983. The highest BCUT2D eigenvalue weighted by Crippen LogP contribution is 2.12. The first-order chi connectivity index (χ1) is 8.84. The number of nitrogens with one attached hydrogen (secondary N) is 1. The lowest BCUT2D eigenvalue weighted by Gasteiger charge is -2.14. The number of carbonyl (C=O) groups is 1. The van der Waals surface area contributed by atoms with Gasteiger partial charge in [0, 0.05) is 12.1 Å². The fourth-order valence-corrected chi connectivity index (χ4v) is 1.28. The van der Waals surface area contributed by atoms with Gasteiger partial charge in [0.2, 0.25) is 5.91 Å². The van der Waals surface area contributed by atoms with Gasteiger partial charge in [-0.2, -0.15) is 0 Å². The Balaban J connectivity index is 2.51. The molecule has 1 rings (SSSR count). The number of nitrogens with two attached hydrogens (primary N) is 1. The fourth-order valence-electron chi connectivity index (χ4n) is 1.28. The number of nitrogens with zero attached hydrogens (tertiary/aromatic N) is 1. The summed E-state index contributed by atoms with van der Waals surface area (Å²) < 4.78 is 25.6. The number of nitro groups is 1. The lowest BCUT2D eigenvalue weighted by Crippen LogP contribution is -2.42. The molecule has 8 heteroatoms. The van der Waals surface area contributed by atoms with Crippen LogP contribution in [-0.4, -0.2) is 29.8 Å². The van der Waals surface area contributed by atoms with Gasteiger partial charge in [-0.15, -0.1) is 0 Å². The number of amides is 1. The smallest absolute Gasteiger partial charge is 0.277 e. The SMILES string of the molecule is NCC(F)(F)CNC(=O)Cc1ccc([N+](=O)[O-])cc1. The number of rotatable bonds is 6. The van der Waals surface area contributed by atoms with Crippen molar-refractivity contribution in [3.05, 3.63) is 39.9 Å². The van der Waals surface area contributed by atoms with Crippen molar-refractivity contribution in [1.82, 2.24) is 5.32 Å². The van der Waals surface area contributed by atoms with Crippen LogP contribution in [0.5, 0.6) is 0 Å². The first-order valence-electron chi connectivity index (χ1n) is 5.42. The number of hydrogen-bond acceptors (Lipinski definition) is 4. The number of hydrogen-bond donors (Lipinski definition) is 2. The van der Waals surface area contributed by atoms with Crippen LogP contribution in [0.25, 0.3) is 0 Å². The van der Waals surface area contributed by atoms with Crippen LogP contribution < -0.4 is 11.1 Å². The summed E-state index contributed by atoms with van der Waals surface area (Å²) in [6, 6.07) is 5.30. The van der Waals surface area contributed by atoms with Gasteiger partial charge in [-0.05, 0) is 5.56 Å². The largest absolute Gasteiger partial charge is 0.350 e. The molecule has 0 radical (unpaired) electrons. The molecule has 0 atom stereocenters. The normalized spacial score (nSPS) is 11.1. The number of alkyl halides is 2. The van der Waals surface area contributed by atoms with Crippen LogP contribution in [0.1, 0.15) is 5.56 Å². The molecule has 0 spiro atoms. The van der Waals surface area contributed by atoms with E-state index >= 15 is 0 Å². The van der Waals surface area contributed by atoms with Crippen molar-refractivity contribution in [3.8, 4) is 0 Å². The second kappa shape index (κ2) is 6.19. The zero-order valence-electron chi connectivity index (χ0n) is 9.94. The third kappa shape index (κ3) is 4.96. The number of nitro benzene ring substituents is 1. The van der Waals surface area contributed by atoms with Crippen molar-refractivity contribution in [2.24, 2.45) is 5.73 Å². The number of non-ortho nitro benzene ring substituents is 1. The minimum atomic E-state index is -3.13. The highest BCUT2D eigenvalue weighted by atomic mass is 19.3. The zero-order valence-corrected chi connectivity index (χ0v) is 9.94. The molecule has 0 aliphatic carbocycles. The summed E-state index contributed by atoms with van der Waals surface area (Å²) in [5.41, 5.74) is 5.23. The van der Waals surface area contributed by atoms with E-state index in [2.05, 4.69) is 5.32 Å². The highest BCUT2D eigenvalue weighted by Gasteiger charge is 2.27. The lowest BCUT2D eigenvalue weighted by molar-refractivity contribution is -0.384. The first kappa shape index (κ1) is 15.0. The highest BCUT2D eigenvalue weighted by molar-refractivity contribution is 5.78. The van der Waals surface area contributed by atoms with Crippen LogP contribution in [-0.2, 0) is 11.2 Å². The molecular weight excluding hydrogens is 260 g/mol. The molecule has 3 N–H and O–H groups in total. The average molecular weight is 273 g/mol. The summed E-state index contributed by atoms with van der Waals surface area (Å²) in [5.74, 6) is -3.73. The van der Waals surface area contributed by atoms with Crippen LogP contribution in [0.3, 0.4) is 0 Å². The Morgan fingerprint density at radius 2 is 1.95 bits per heavy atom. The molecule has 104 valence electrons. The van der Waals surface area contributed by atoms with Crippen molar-refractivity contribution >= 4 is 11.6 Å². The topological polar surface area (TPSA) is 98.3 Å². The molecule has 0 heterocycles. The zero-order chi connectivity index (χ0) is 14.5. The maximum absolute atomic E-state index is 12.8. The van der Waals surface area contributed by atoms with E-state index in [-0.39, 0.29) is 12.1 Å². The van der Waals surface area contributed by atoms with E-state index in [1.807, 2.05) is 0 Å². The van der Waals surface area contributed by atoms with E-state index in [1.165, 1.54) is 24.3 Å². The van der Waals surface area contributed by atoms with E-state index in [4.69, 9.17) is 5.73 Å². The average Bonchev–Trinajstić information content (AvgIpc) is 2.37. The van der Waals surface area contributed by atoms with Crippen molar-refractivity contribution < 1.29 is 18.5 Å². The standard InChI is InChI=1S/C11H13F2N3O3/c12-11(13,6-14)7-15-10(17)5-8-1-3-9(4-2-8)16(18)19/h1-4H,5-7,14H2,(H,15,17). The fraction of sp³-hybridized carbons (Fsp3) is 0.364. The number of halogens is 2. The minimum Gasteiger partial charge on any atom is -0.350 e. The van der Waals surface area contributed by atoms with E-state index in [9.17, 15) is 23.7 Å². The predicted molar refractivity (Wildman–Crippen MR) is 63.8 cm³/mol. The summed E-state index contributed by atoms with van der Waals surface area (Å²) in [7, 11) is 0. The summed E-state index contributed by atoms with van der Waals surface area (Å²) in [4.78, 5) is 21.2. The van der Waals surface area contributed by atoms with Crippen LogP contribution in [0.4, 0.5) is 14.5 Å². The van der Waals surface area contributed by atoms with Gasteiger partial charge in [0.05, 0.1) is 24.4 Å². The summed E-state index contributed by atoms with van der Waals surface area (Å²) in [6.45, 7) is -1.67. The van der Waals surface area contributed by atoms with Crippen molar-refractivity contribution in [2.75, 3.05) is 13.1 Å². The maximum atomic E-state index is 12.8. The van der Waals surface area contributed by atoms with Crippen molar-refractivity contribution in [3.63, 3.8) is 0 Å². The monoisotopic (exact) mass is 273 g/mol. The molecule has 1 amide bonds. The molecule has 6 nitrogen and oxygen atoms in total. The third-order valence-electron chi connectivity index (χ3n) is 2.35. The van der Waals surface area contributed by atoms with Crippen LogP contribution in [0.15, 0.2) is 24.3 Å². The van der Waals surface area contributed by atoms with Crippen molar-refractivity contribution in [2.45, 2.75) is 12.3 Å². The molecule has 0 fully saturated rings. The summed E-state index contributed by atoms with van der Waals surface area (Å²) >= 11 is 0. The Bertz CT molecular complexity index is 463. The van der Waals surface area contributed by atoms with Gasteiger partial charge in [0.25, 0.3) is 11.6 Å². The second-order valence-corrected chi connectivity index (χ2v) is 3.94. The Kier molecular flexibility index (Phi) is 4.87. The molecule has 0 saturated heterocycles. The van der Waals surface area contributed by atoms with Gasteiger partial charge in [-0.1, -0.05) is 12.1 Å². The predicted octanol–water partition coefficient (Wildman–Crippen LogP) is 0.847. The molecule has 19 heavy (non-hydrogen) atoms. The molecule has 0 aromatic heterocycles. The van der Waals surface area contributed by atoms with Crippen molar-refractivity contribution in [1.29, 1.82) is 0 Å². The molecule has 0 unspecified atom stereocenters. The number of benzene rings is 1. The molecule has 1 aromatic carbocycles. The Morgan fingerprint density at radius 1 is 1.37 bits per heavy atom. The molecular formula is C11H13F2N3O3. The molecule has 0 saturated carbocycles. The maximum Gasteiger partial charge on any atom is 0.277 e. The van der Waals surface area contributed by atoms with Gasteiger partial charge >= 0.3 is 0 Å². The Morgan fingerprint density at radius 3 is 2.42 bits per heavy atom. The summed E-state index contributed by atoms with van der Waals surface area (Å²) in [5, 5.41) is 12.5. The third-order valence-corrected chi connectivity index (χ3v) is 2.35. The van der Waals surface area contributed by atoms with E-state index in [0.29, 0.717) is 5.56 Å². The van der Waals surface area contributed by atoms with Gasteiger partial charge in [-0.3, -0.25) is 14.9 Å². The Labute approximate surface area is 107 Å². The lowest BCUT2D eigenvalue weighted by atomic mass is 10.1. The van der Waals surface area contributed by atoms with Gasteiger partial charge in [-0.25, -0.2) is 8.78 Å². The summed E-state index contributed by atoms with van der Waals surface area (Å²) in [6.07, 6.45) is -0.126. The van der Waals surface area contributed by atoms with Gasteiger partial charge < -0.3 is 11.1 Å². The molecule has 0 aliphatic heterocycles. The van der Waals surface area contributed by atoms with E-state index in [1.54, 1.807) is 0 Å². The van der Waals surface area contributed by atoms with Crippen LogP contribution >= 0.6 is 0 Å². The van der Waals surface area contributed by atoms with E-state index < -0.39 is 29.8 Å². The second-order valence-electron chi connectivity index (χ2n) is 3.94. The molecule has 0 bridgehead atoms.